The van der Waals surface area contributed by atoms with Gasteiger partial charge in [-0.2, -0.15) is 0 Å². The summed E-state index contributed by atoms with van der Waals surface area (Å²) in [7, 11) is 1.61. The lowest BCUT2D eigenvalue weighted by Crippen LogP contribution is -2.11. The van der Waals surface area contributed by atoms with E-state index in [9.17, 15) is 0 Å². The van der Waals surface area contributed by atoms with Gasteiger partial charge in [-0.3, -0.25) is 0 Å². The number of ether oxygens (including phenoxy) is 2. The Kier molecular flexibility index (Phi) is 5.16. The molecule has 0 bridgehead atoms. The summed E-state index contributed by atoms with van der Waals surface area (Å²) in [6.07, 6.45) is 2.24. The maximum absolute atomic E-state index is 5.93. The lowest BCUT2D eigenvalue weighted by Gasteiger charge is -2.10. The molecule has 6 heteroatoms. The molecule has 2 rings (SSSR count). The van der Waals surface area contributed by atoms with Crippen LogP contribution in [0.2, 0.25) is 5.15 Å². The number of halogens is 1. The van der Waals surface area contributed by atoms with Gasteiger partial charge < -0.3 is 14.8 Å². The molecule has 1 aromatic heterocycles. The van der Waals surface area contributed by atoms with E-state index in [1.54, 1.807) is 13.2 Å². The molecule has 1 aliphatic heterocycles. The molecule has 1 N–H and O–H groups in total. The predicted molar refractivity (Wildman–Crippen MR) is 69.8 cm³/mol. The number of rotatable bonds is 6. The highest BCUT2D eigenvalue weighted by Gasteiger charge is 2.14. The second-order valence-electron chi connectivity index (χ2n) is 4.37. The first-order valence-corrected chi connectivity index (χ1v) is 6.49. The normalized spacial score (nSPS) is 19.1. The second-order valence-corrected chi connectivity index (χ2v) is 4.76. The Morgan fingerprint density at radius 2 is 2.44 bits per heavy atom. The summed E-state index contributed by atoms with van der Waals surface area (Å²) >= 11 is 5.93. The first-order valence-electron chi connectivity index (χ1n) is 6.12. The fraction of sp³-hybridized carbons (Fsp3) is 0.667. The largest absolute Gasteiger partial charge is 0.381 e. The predicted octanol–water partition coefficient (Wildman–Crippen LogP) is 2.11. The molecular weight excluding hydrogens is 254 g/mol. The van der Waals surface area contributed by atoms with Gasteiger partial charge in [0.2, 0.25) is 0 Å². The lowest BCUT2D eigenvalue weighted by atomic mass is 10.1. The van der Waals surface area contributed by atoms with Crippen molar-refractivity contribution in [3.05, 3.63) is 17.0 Å². The van der Waals surface area contributed by atoms with Crippen molar-refractivity contribution in [2.24, 2.45) is 5.92 Å². The van der Waals surface area contributed by atoms with Crippen molar-refractivity contribution in [1.82, 2.24) is 9.97 Å². The van der Waals surface area contributed by atoms with Gasteiger partial charge in [0.1, 0.15) is 17.6 Å². The van der Waals surface area contributed by atoms with Gasteiger partial charge in [0.15, 0.2) is 5.82 Å². The second kappa shape index (κ2) is 6.87. The summed E-state index contributed by atoms with van der Waals surface area (Å²) in [6.45, 7) is 3.00. The van der Waals surface area contributed by atoms with Crippen LogP contribution in [-0.4, -0.2) is 36.8 Å². The first kappa shape index (κ1) is 13.5. The summed E-state index contributed by atoms with van der Waals surface area (Å²) in [5.74, 6) is 2.01. The van der Waals surface area contributed by atoms with Gasteiger partial charge >= 0.3 is 0 Å². The summed E-state index contributed by atoms with van der Waals surface area (Å²) in [6, 6.07) is 1.73. The minimum Gasteiger partial charge on any atom is -0.381 e. The van der Waals surface area contributed by atoms with Crippen LogP contribution in [0.4, 0.5) is 5.82 Å². The van der Waals surface area contributed by atoms with Crippen LogP contribution in [0.1, 0.15) is 18.7 Å². The van der Waals surface area contributed by atoms with Crippen LogP contribution in [-0.2, 0) is 16.1 Å². The third-order valence-corrected chi connectivity index (χ3v) is 3.09. The van der Waals surface area contributed by atoms with E-state index in [4.69, 9.17) is 21.1 Å². The molecule has 1 atom stereocenters. The minimum atomic E-state index is 0.367. The highest BCUT2D eigenvalue weighted by molar-refractivity contribution is 6.29. The highest BCUT2D eigenvalue weighted by Crippen LogP contribution is 2.17. The van der Waals surface area contributed by atoms with Gasteiger partial charge in [-0.05, 0) is 18.8 Å². The average Bonchev–Trinajstić information content (AvgIpc) is 2.82. The van der Waals surface area contributed by atoms with E-state index in [0.29, 0.717) is 23.5 Å². The standard InChI is InChI=1S/C12H18ClN3O2/c1-17-8-12-15-10(13)6-11(16-12)14-4-2-9-3-5-18-7-9/h6,9H,2-5,7-8H2,1H3,(H,14,15,16). The molecule has 18 heavy (non-hydrogen) atoms. The number of methoxy groups -OCH3 is 1. The Bertz CT molecular complexity index is 384. The molecule has 0 amide bonds. The van der Waals surface area contributed by atoms with E-state index in [1.807, 2.05) is 0 Å². The van der Waals surface area contributed by atoms with Crippen molar-refractivity contribution in [2.45, 2.75) is 19.4 Å². The van der Waals surface area contributed by atoms with Gasteiger partial charge in [0, 0.05) is 32.9 Å². The quantitative estimate of drug-likeness (QED) is 0.803. The van der Waals surface area contributed by atoms with Crippen LogP contribution in [0, 0.1) is 5.92 Å². The number of hydrogen-bond acceptors (Lipinski definition) is 5. The van der Waals surface area contributed by atoms with Gasteiger partial charge in [0.05, 0.1) is 0 Å². The zero-order chi connectivity index (χ0) is 12.8. The number of anilines is 1. The average molecular weight is 272 g/mol. The van der Waals surface area contributed by atoms with Gasteiger partial charge in [-0.15, -0.1) is 0 Å². The van der Waals surface area contributed by atoms with Crippen LogP contribution < -0.4 is 5.32 Å². The van der Waals surface area contributed by atoms with Gasteiger partial charge in [0.25, 0.3) is 0 Å². The zero-order valence-corrected chi connectivity index (χ0v) is 11.2. The third-order valence-electron chi connectivity index (χ3n) is 2.90. The topological polar surface area (TPSA) is 56.3 Å². The van der Waals surface area contributed by atoms with Crippen molar-refractivity contribution < 1.29 is 9.47 Å². The molecule has 0 spiro atoms. The number of nitrogens with zero attached hydrogens (tertiary/aromatic N) is 2. The number of nitrogens with one attached hydrogen (secondary N) is 1. The maximum atomic E-state index is 5.93. The monoisotopic (exact) mass is 271 g/mol. The highest BCUT2D eigenvalue weighted by atomic mass is 35.5. The van der Waals surface area contributed by atoms with Gasteiger partial charge in [-0.25, -0.2) is 9.97 Å². The first-order chi connectivity index (χ1) is 8.78. The summed E-state index contributed by atoms with van der Waals surface area (Å²) in [4.78, 5) is 8.40. The molecule has 1 saturated heterocycles. The Balaban J connectivity index is 1.83. The summed E-state index contributed by atoms with van der Waals surface area (Å²) < 4.78 is 10.3. The van der Waals surface area contributed by atoms with Crippen LogP contribution in [0.25, 0.3) is 0 Å². The molecule has 2 heterocycles. The van der Waals surface area contributed by atoms with Crippen LogP contribution in [0.15, 0.2) is 6.07 Å². The van der Waals surface area contributed by atoms with Crippen molar-refractivity contribution >= 4 is 17.4 Å². The molecule has 100 valence electrons. The summed E-state index contributed by atoms with van der Waals surface area (Å²) in [5.41, 5.74) is 0. The van der Waals surface area contributed by atoms with Crippen molar-refractivity contribution in [1.29, 1.82) is 0 Å². The maximum Gasteiger partial charge on any atom is 0.158 e. The van der Waals surface area contributed by atoms with E-state index in [2.05, 4.69) is 15.3 Å². The van der Waals surface area contributed by atoms with E-state index in [0.717, 1.165) is 38.4 Å². The lowest BCUT2D eigenvalue weighted by molar-refractivity contribution is 0.178. The van der Waals surface area contributed by atoms with Crippen molar-refractivity contribution in [3.63, 3.8) is 0 Å². The van der Waals surface area contributed by atoms with Crippen LogP contribution in [0.5, 0.6) is 0 Å². The molecule has 5 nitrogen and oxygen atoms in total. The Morgan fingerprint density at radius 3 is 3.17 bits per heavy atom. The third kappa shape index (κ3) is 4.08. The number of aromatic nitrogens is 2. The SMILES string of the molecule is COCc1nc(Cl)cc(NCCC2CCOC2)n1. The number of hydrogen-bond donors (Lipinski definition) is 1. The van der Waals surface area contributed by atoms with E-state index >= 15 is 0 Å². The van der Waals surface area contributed by atoms with Crippen molar-refractivity contribution in [2.75, 3.05) is 32.2 Å². The van der Waals surface area contributed by atoms with Gasteiger partial charge in [-0.1, -0.05) is 11.6 Å². The molecule has 0 aromatic carbocycles. The molecule has 1 unspecified atom stereocenters. The molecular formula is C12H18ClN3O2. The zero-order valence-electron chi connectivity index (χ0n) is 10.5. The fourth-order valence-electron chi connectivity index (χ4n) is 1.96. The Labute approximate surface area is 112 Å². The van der Waals surface area contributed by atoms with Crippen LogP contribution in [0.3, 0.4) is 0 Å². The molecule has 1 aliphatic rings. The Hall–Kier alpha value is -0.910. The molecule has 1 aromatic rings. The van der Waals surface area contributed by atoms with E-state index in [-0.39, 0.29) is 0 Å². The molecule has 0 aliphatic carbocycles. The molecule has 1 fully saturated rings. The van der Waals surface area contributed by atoms with E-state index < -0.39 is 0 Å². The van der Waals surface area contributed by atoms with E-state index in [1.165, 1.54) is 0 Å². The Morgan fingerprint density at radius 1 is 1.56 bits per heavy atom. The minimum absolute atomic E-state index is 0.367. The molecule has 0 saturated carbocycles. The van der Waals surface area contributed by atoms with Crippen LogP contribution >= 0.6 is 11.6 Å². The summed E-state index contributed by atoms with van der Waals surface area (Å²) in [5, 5.41) is 3.70. The fourth-order valence-corrected chi connectivity index (χ4v) is 2.17. The molecule has 0 radical (unpaired) electrons. The smallest absolute Gasteiger partial charge is 0.158 e. The van der Waals surface area contributed by atoms with Crippen molar-refractivity contribution in [3.8, 4) is 0 Å².